The van der Waals surface area contributed by atoms with E-state index in [0.717, 1.165) is 36.2 Å². The number of carbonyl (C=O) groups excluding carboxylic acids is 1. The molecule has 142 valence electrons. The summed E-state index contributed by atoms with van der Waals surface area (Å²) in [5, 5.41) is 6.50. The molecule has 2 aromatic rings. The lowest BCUT2D eigenvalue weighted by Crippen LogP contribution is -2.35. The van der Waals surface area contributed by atoms with E-state index in [9.17, 15) is 4.79 Å². The summed E-state index contributed by atoms with van der Waals surface area (Å²) in [4.78, 5) is 14.9. The largest absolute Gasteiger partial charge is 0.385 e. The van der Waals surface area contributed by atoms with Crippen molar-refractivity contribution in [3.63, 3.8) is 0 Å². The van der Waals surface area contributed by atoms with E-state index in [1.54, 1.807) is 0 Å². The van der Waals surface area contributed by atoms with Gasteiger partial charge in [0.2, 0.25) is 0 Å². The zero-order chi connectivity index (χ0) is 16.9. The maximum absolute atomic E-state index is 12.7. The minimum absolute atomic E-state index is 0. The molecule has 1 aliphatic rings. The van der Waals surface area contributed by atoms with Gasteiger partial charge in [0.1, 0.15) is 0 Å². The van der Waals surface area contributed by atoms with Crippen molar-refractivity contribution in [1.82, 2.24) is 10.2 Å². The molecule has 0 saturated carbocycles. The number of nitrogens with one attached hydrogen (secondary N) is 2. The number of benzene rings is 2. The second-order valence-corrected chi connectivity index (χ2v) is 6.46. The molecule has 1 aliphatic heterocycles. The molecule has 0 fully saturated rings. The Kier molecular flexibility index (Phi) is 8.93. The first-order valence-electron chi connectivity index (χ1n) is 8.52. The van der Waals surface area contributed by atoms with E-state index in [4.69, 9.17) is 0 Å². The van der Waals surface area contributed by atoms with Crippen molar-refractivity contribution >= 4 is 36.4 Å². The van der Waals surface area contributed by atoms with Crippen LogP contribution >= 0.6 is 24.8 Å². The third-order valence-electron chi connectivity index (χ3n) is 4.60. The number of fused-ring (bicyclic) bond motifs is 1. The molecule has 0 bridgehead atoms. The number of nitrogens with zero attached hydrogens (tertiary/aromatic N) is 1. The zero-order valence-corrected chi connectivity index (χ0v) is 16.8. The van der Waals surface area contributed by atoms with Crippen molar-refractivity contribution in [3.8, 4) is 0 Å². The quantitative estimate of drug-likeness (QED) is 0.805. The maximum atomic E-state index is 12.7. The van der Waals surface area contributed by atoms with Gasteiger partial charge in [0, 0.05) is 24.3 Å². The Labute approximate surface area is 168 Å². The summed E-state index contributed by atoms with van der Waals surface area (Å²) in [6.07, 6.45) is 2.03. The second-order valence-electron chi connectivity index (χ2n) is 6.46. The lowest BCUT2D eigenvalue weighted by molar-refractivity contribution is 0.0941. The number of halogens is 2. The molecule has 3 rings (SSSR count). The normalized spacial score (nSPS) is 13.5. The van der Waals surface area contributed by atoms with Gasteiger partial charge in [-0.15, -0.1) is 24.8 Å². The van der Waals surface area contributed by atoms with E-state index in [1.807, 2.05) is 44.4 Å². The number of hydrogen-bond donors (Lipinski definition) is 2. The van der Waals surface area contributed by atoms with E-state index in [1.165, 1.54) is 5.56 Å². The van der Waals surface area contributed by atoms with E-state index in [-0.39, 0.29) is 36.8 Å². The van der Waals surface area contributed by atoms with Crippen LogP contribution in [0.1, 0.15) is 33.9 Å². The highest BCUT2D eigenvalue weighted by molar-refractivity contribution is 5.97. The first-order valence-corrected chi connectivity index (χ1v) is 8.52. The van der Waals surface area contributed by atoms with Crippen LogP contribution in [0, 0.1) is 0 Å². The molecule has 1 atom stereocenters. The molecule has 0 aromatic heterocycles. The van der Waals surface area contributed by atoms with Gasteiger partial charge in [-0.2, -0.15) is 0 Å². The average molecular weight is 396 g/mol. The molecule has 1 amide bonds. The van der Waals surface area contributed by atoms with Crippen molar-refractivity contribution in [3.05, 3.63) is 65.2 Å². The SMILES string of the molecule is CN(C)C(CNC(=O)c1cccc2c1CCCN2)c1ccccc1.Cl.Cl. The number of anilines is 1. The van der Waals surface area contributed by atoms with Crippen LogP contribution in [-0.4, -0.2) is 38.0 Å². The number of amides is 1. The number of likely N-dealkylation sites (N-methyl/N-ethyl adjacent to an activating group) is 1. The van der Waals surface area contributed by atoms with Gasteiger partial charge in [0.05, 0.1) is 6.04 Å². The predicted molar refractivity (Wildman–Crippen MR) is 113 cm³/mol. The van der Waals surface area contributed by atoms with Gasteiger partial charge in [-0.1, -0.05) is 36.4 Å². The summed E-state index contributed by atoms with van der Waals surface area (Å²) in [5.41, 5.74) is 4.24. The van der Waals surface area contributed by atoms with Gasteiger partial charge in [0.15, 0.2) is 0 Å². The molecule has 26 heavy (non-hydrogen) atoms. The molecule has 6 heteroatoms. The van der Waals surface area contributed by atoms with Gasteiger partial charge < -0.3 is 15.5 Å². The van der Waals surface area contributed by atoms with Crippen LogP contribution in [0.25, 0.3) is 0 Å². The van der Waals surface area contributed by atoms with Crippen molar-refractivity contribution in [1.29, 1.82) is 0 Å². The van der Waals surface area contributed by atoms with E-state index >= 15 is 0 Å². The lowest BCUT2D eigenvalue weighted by atomic mass is 9.97. The Bertz CT molecular complexity index is 707. The van der Waals surface area contributed by atoms with E-state index in [2.05, 4.69) is 33.7 Å². The van der Waals surface area contributed by atoms with Crippen LogP contribution in [-0.2, 0) is 6.42 Å². The maximum Gasteiger partial charge on any atom is 0.251 e. The number of carbonyl (C=O) groups is 1. The average Bonchev–Trinajstić information content (AvgIpc) is 2.62. The summed E-state index contributed by atoms with van der Waals surface area (Å²) in [6, 6.07) is 16.4. The van der Waals surface area contributed by atoms with Gasteiger partial charge in [-0.05, 0) is 50.2 Å². The molecule has 4 nitrogen and oxygen atoms in total. The molecule has 1 unspecified atom stereocenters. The third-order valence-corrected chi connectivity index (χ3v) is 4.60. The molecule has 0 aliphatic carbocycles. The molecular formula is C20H27Cl2N3O. The van der Waals surface area contributed by atoms with Crippen LogP contribution in [0.5, 0.6) is 0 Å². The van der Waals surface area contributed by atoms with Gasteiger partial charge in [-0.3, -0.25) is 4.79 Å². The fourth-order valence-corrected chi connectivity index (χ4v) is 3.28. The van der Waals surface area contributed by atoms with Gasteiger partial charge in [0.25, 0.3) is 5.91 Å². The summed E-state index contributed by atoms with van der Waals surface area (Å²) in [6.45, 7) is 1.57. The summed E-state index contributed by atoms with van der Waals surface area (Å²) < 4.78 is 0. The topological polar surface area (TPSA) is 44.4 Å². The zero-order valence-electron chi connectivity index (χ0n) is 15.2. The highest BCUT2D eigenvalue weighted by Gasteiger charge is 2.19. The first kappa shape index (κ1) is 22.3. The molecule has 0 spiro atoms. The smallest absolute Gasteiger partial charge is 0.251 e. The second kappa shape index (κ2) is 10.4. The molecule has 2 N–H and O–H groups in total. The van der Waals surface area contributed by atoms with E-state index < -0.39 is 0 Å². The highest BCUT2D eigenvalue weighted by Crippen LogP contribution is 2.25. The Hall–Kier alpha value is -1.75. The summed E-state index contributed by atoms with van der Waals surface area (Å²) in [5.74, 6) is 0.0123. The number of hydrogen-bond acceptors (Lipinski definition) is 3. The van der Waals surface area contributed by atoms with Gasteiger partial charge in [-0.25, -0.2) is 0 Å². The van der Waals surface area contributed by atoms with Crippen molar-refractivity contribution in [2.24, 2.45) is 0 Å². The Balaban J connectivity index is 0.00000169. The molecule has 1 heterocycles. The van der Waals surface area contributed by atoms with Gasteiger partial charge >= 0.3 is 0 Å². The lowest BCUT2D eigenvalue weighted by Gasteiger charge is -2.26. The predicted octanol–water partition coefficient (Wildman–Crippen LogP) is 3.92. The van der Waals surface area contributed by atoms with Crippen molar-refractivity contribution < 1.29 is 4.79 Å². The molecule has 2 aromatic carbocycles. The minimum Gasteiger partial charge on any atom is -0.385 e. The highest BCUT2D eigenvalue weighted by atomic mass is 35.5. The van der Waals surface area contributed by atoms with Crippen LogP contribution < -0.4 is 10.6 Å². The van der Waals surface area contributed by atoms with E-state index in [0.29, 0.717) is 6.54 Å². The standard InChI is InChI=1S/C20H25N3O.2ClH/c1-23(2)19(15-8-4-3-5-9-15)14-22-20(24)17-10-6-12-18-16(17)11-7-13-21-18;;/h3-6,8-10,12,19,21H,7,11,13-14H2,1-2H3,(H,22,24);2*1H. The van der Waals surface area contributed by atoms with Crippen LogP contribution in [0.4, 0.5) is 5.69 Å². The molecule has 0 radical (unpaired) electrons. The molecule has 0 saturated heterocycles. The Morgan fingerprint density at radius 1 is 1.12 bits per heavy atom. The van der Waals surface area contributed by atoms with Crippen molar-refractivity contribution in [2.45, 2.75) is 18.9 Å². The fraction of sp³-hybridized carbons (Fsp3) is 0.350. The van der Waals surface area contributed by atoms with Crippen LogP contribution in [0.3, 0.4) is 0 Å². The van der Waals surface area contributed by atoms with Crippen LogP contribution in [0.2, 0.25) is 0 Å². The minimum atomic E-state index is 0. The Morgan fingerprint density at radius 3 is 2.54 bits per heavy atom. The third kappa shape index (κ3) is 5.13. The number of rotatable bonds is 5. The van der Waals surface area contributed by atoms with Crippen LogP contribution in [0.15, 0.2) is 48.5 Å². The summed E-state index contributed by atoms with van der Waals surface area (Å²) in [7, 11) is 4.08. The first-order chi connectivity index (χ1) is 11.7. The Morgan fingerprint density at radius 2 is 1.85 bits per heavy atom. The fourth-order valence-electron chi connectivity index (χ4n) is 3.28. The monoisotopic (exact) mass is 395 g/mol. The summed E-state index contributed by atoms with van der Waals surface area (Å²) >= 11 is 0. The van der Waals surface area contributed by atoms with Crippen molar-refractivity contribution in [2.75, 3.05) is 32.5 Å². The molecular weight excluding hydrogens is 369 g/mol.